The highest BCUT2D eigenvalue weighted by molar-refractivity contribution is 5.80. The predicted molar refractivity (Wildman–Crippen MR) is 100 cm³/mol. The van der Waals surface area contributed by atoms with Crippen LogP contribution in [0.15, 0.2) is 42.5 Å². The van der Waals surface area contributed by atoms with Gasteiger partial charge >= 0.3 is 5.97 Å². The maximum absolute atomic E-state index is 12.8. The molecule has 0 heterocycles. The second-order valence-electron chi connectivity index (χ2n) is 6.25. The molecule has 0 aromatic heterocycles. The summed E-state index contributed by atoms with van der Waals surface area (Å²) in [4.78, 5) is 23.4. The van der Waals surface area contributed by atoms with Crippen LogP contribution in [0.5, 0.6) is 5.75 Å². The van der Waals surface area contributed by atoms with E-state index in [0.717, 1.165) is 22.4 Å². The van der Waals surface area contributed by atoms with Crippen LogP contribution >= 0.6 is 0 Å². The SMILES string of the molecule is Cc1ccc(C)c(OCCC(=O)OCC(=O)NCCc2ccc(F)cc2)c1. The van der Waals surface area contributed by atoms with Gasteiger partial charge in [-0.3, -0.25) is 9.59 Å². The standard InChI is InChI=1S/C21H24FNO4/c1-15-3-4-16(2)19(13-15)26-12-10-21(25)27-14-20(24)23-11-9-17-5-7-18(22)8-6-17/h3-8,13H,9-12,14H2,1-2H3,(H,23,24). The van der Waals surface area contributed by atoms with Crippen molar-refractivity contribution in [2.45, 2.75) is 26.7 Å². The average molecular weight is 373 g/mol. The van der Waals surface area contributed by atoms with Crippen molar-refractivity contribution in [2.75, 3.05) is 19.8 Å². The smallest absolute Gasteiger partial charge is 0.309 e. The Bertz CT molecular complexity index is 774. The van der Waals surface area contributed by atoms with Crippen LogP contribution < -0.4 is 10.1 Å². The zero-order valence-electron chi connectivity index (χ0n) is 15.6. The first-order valence-electron chi connectivity index (χ1n) is 8.81. The van der Waals surface area contributed by atoms with Crippen molar-refractivity contribution in [3.8, 4) is 5.75 Å². The Kier molecular flexibility index (Phi) is 7.79. The lowest BCUT2D eigenvalue weighted by molar-refractivity contribution is -0.149. The maximum atomic E-state index is 12.8. The summed E-state index contributed by atoms with van der Waals surface area (Å²) in [5.74, 6) is -0.424. The van der Waals surface area contributed by atoms with E-state index in [0.29, 0.717) is 13.0 Å². The molecule has 0 aliphatic heterocycles. The first kappa shape index (κ1) is 20.4. The van der Waals surface area contributed by atoms with E-state index in [9.17, 15) is 14.0 Å². The summed E-state index contributed by atoms with van der Waals surface area (Å²) in [7, 11) is 0. The van der Waals surface area contributed by atoms with E-state index >= 15 is 0 Å². The highest BCUT2D eigenvalue weighted by atomic mass is 19.1. The molecule has 0 aliphatic rings. The van der Waals surface area contributed by atoms with Gasteiger partial charge in [-0.25, -0.2) is 4.39 Å². The van der Waals surface area contributed by atoms with Crippen molar-refractivity contribution in [1.82, 2.24) is 5.32 Å². The summed E-state index contributed by atoms with van der Waals surface area (Å²) < 4.78 is 23.3. The number of carbonyl (C=O) groups is 2. The molecular weight excluding hydrogens is 349 g/mol. The Labute approximate surface area is 158 Å². The van der Waals surface area contributed by atoms with Crippen LogP contribution in [0, 0.1) is 19.7 Å². The van der Waals surface area contributed by atoms with Gasteiger partial charge in [-0.1, -0.05) is 24.3 Å². The van der Waals surface area contributed by atoms with Crippen LogP contribution in [0.2, 0.25) is 0 Å². The molecule has 2 aromatic carbocycles. The monoisotopic (exact) mass is 373 g/mol. The van der Waals surface area contributed by atoms with Gasteiger partial charge in [0, 0.05) is 6.54 Å². The molecule has 0 saturated carbocycles. The third kappa shape index (κ3) is 7.48. The summed E-state index contributed by atoms with van der Waals surface area (Å²) in [5.41, 5.74) is 2.99. The second kappa shape index (κ2) is 10.3. The Morgan fingerprint density at radius 2 is 1.81 bits per heavy atom. The van der Waals surface area contributed by atoms with E-state index in [4.69, 9.17) is 9.47 Å². The fourth-order valence-corrected chi connectivity index (χ4v) is 2.37. The first-order valence-corrected chi connectivity index (χ1v) is 8.81. The molecule has 0 unspecified atom stereocenters. The third-order valence-corrected chi connectivity index (χ3v) is 3.92. The maximum Gasteiger partial charge on any atom is 0.309 e. The molecule has 1 amide bonds. The number of ether oxygens (including phenoxy) is 2. The minimum atomic E-state index is -0.492. The molecule has 27 heavy (non-hydrogen) atoms. The summed E-state index contributed by atoms with van der Waals surface area (Å²) in [6.07, 6.45) is 0.639. The minimum Gasteiger partial charge on any atom is -0.493 e. The number of nitrogens with one attached hydrogen (secondary N) is 1. The molecule has 0 aliphatic carbocycles. The molecule has 5 nitrogen and oxygen atoms in total. The Morgan fingerprint density at radius 1 is 1.07 bits per heavy atom. The highest BCUT2D eigenvalue weighted by Gasteiger charge is 2.08. The van der Waals surface area contributed by atoms with Gasteiger partial charge < -0.3 is 14.8 Å². The van der Waals surface area contributed by atoms with E-state index in [1.54, 1.807) is 12.1 Å². The molecule has 144 valence electrons. The lowest BCUT2D eigenvalue weighted by Gasteiger charge is -2.10. The number of hydrogen-bond acceptors (Lipinski definition) is 4. The molecule has 0 saturated heterocycles. The number of amides is 1. The second-order valence-corrected chi connectivity index (χ2v) is 6.25. The lowest BCUT2D eigenvalue weighted by atomic mass is 10.1. The fourth-order valence-electron chi connectivity index (χ4n) is 2.37. The Morgan fingerprint density at radius 3 is 2.56 bits per heavy atom. The summed E-state index contributed by atoms with van der Waals surface area (Å²) >= 11 is 0. The molecule has 1 N–H and O–H groups in total. The van der Waals surface area contributed by atoms with Crippen LogP contribution in [-0.2, 0) is 20.7 Å². The van der Waals surface area contributed by atoms with Crippen molar-refractivity contribution in [3.63, 3.8) is 0 Å². The highest BCUT2D eigenvalue weighted by Crippen LogP contribution is 2.19. The van der Waals surface area contributed by atoms with E-state index < -0.39 is 5.97 Å². The van der Waals surface area contributed by atoms with Gasteiger partial charge in [0.15, 0.2) is 6.61 Å². The van der Waals surface area contributed by atoms with Crippen molar-refractivity contribution >= 4 is 11.9 Å². The predicted octanol–water partition coefficient (Wildman–Crippen LogP) is 3.11. The zero-order valence-corrected chi connectivity index (χ0v) is 15.6. The van der Waals surface area contributed by atoms with Gasteiger partial charge in [-0.15, -0.1) is 0 Å². The number of carbonyl (C=O) groups excluding carboxylic acids is 2. The molecule has 2 aromatic rings. The van der Waals surface area contributed by atoms with E-state index in [-0.39, 0.29) is 31.4 Å². The molecule has 0 spiro atoms. The van der Waals surface area contributed by atoms with Gasteiger partial charge in [0.1, 0.15) is 11.6 Å². The van der Waals surface area contributed by atoms with Gasteiger partial charge in [0.2, 0.25) is 0 Å². The topological polar surface area (TPSA) is 64.6 Å². The van der Waals surface area contributed by atoms with Crippen LogP contribution in [0.4, 0.5) is 4.39 Å². The largest absolute Gasteiger partial charge is 0.493 e. The van der Waals surface area contributed by atoms with Crippen molar-refractivity contribution in [2.24, 2.45) is 0 Å². The Hall–Kier alpha value is -2.89. The molecule has 0 fully saturated rings. The number of benzene rings is 2. The van der Waals surface area contributed by atoms with E-state index in [1.165, 1.54) is 12.1 Å². The third-order valence-electron chi connectivity index (χ3n) is 3.92. The summed E-state index contributed by atoms with van der Waals surface area (Å²) in [6, 6.07) is 11.9. The van der Waals surface area contributed by atoms with Crippen LogP contribution in [0.3, 0.4) is 0 Å². The zero-order chi connectivity index (χ0) is 19.6. The number of esters is 1. The van der Waals surface area contributed by atoms with Crippen molar-refractivity contribution in [1.29, 1.82) is 0 Å². The van der Waals surface area contributed by atoms with Crippen molar-refractivity contribution < 1.29 is 23.5 Å². The van der Waals surface area contributed by atoms with E-state index in [1.807, 2.05) is 32.0 Å². The molecule has 6 heteroatoms. The van der Waals surface area contributed by atoms with Crippen molar-refractivity contribution in [3.05, 3.63) is 65.0 Å². The molecule has 0 radical (unpaired) electrons. The number of hydrogen-bond donors (Lipinski definition) is 1. The van der Waals surface area contributed by atoms with E-state index in [2.05, 4.69) is 5.32 Å². The Balaban J connectivity index is 1.59. The molecule has 0 bridgehead atoms. The molecule has 0 atom stereocenters. The lowest BCUT2D eigenvalue weighted by Crippen LogP contribution is -2.30. The number of halogens is 1. The fraction of sp³-hybridized carbons (Fsp3) is 0.333. The van der Waals surface area contributed by atoms with Gasteiger partial charge in [-0.05, 0) is 55.2 Å². The summed E-state index contributed by atoms with van der Waals surface area (Å²) in [6.45, 7) is 4.15. The van der Waals surface area contributed by atoms with Crippen LogP contribution in [0.25, 0.3) is 0 Å². The first-order chi connectivity index (χ1) is 12.9. The number of rotatable bonds is 9. The van der Waals surface area contributed by atoms with Gasteiger partial charge in [-0.2, -0.15) is 0 Å². The normalized spacial score (nSPS) is 10.3. The quantitative estimate of drug-likeness (QED) is 0.686. The van der Waals surface area contributed by atoms with Gasteiger partial charge in [0.25, 0.3) is 5.91 Å². The van der Waals surface area contributed by atoms with Gasteiger partial charge in [0.05, 0.1) is 13.0 Å². The van der Waals surface area contributed by atoms with Crippen LogP contribution in [-0.4, -0.2) is 31.6 Å². The molecule has 2 rings (SSSR count). The van der Waals surface area contributed by atoms with Crippen LogP contribution in [0.1, 0.15) is 23.1 Å². The summed E-state index contributed by atoms with van der Waals surface area (Å²) in [5, 5.41) is 2.66. The molecular formula is C21H24FNO4. The average Bonchev–Trinajstić information content (AvgIpc) is 2.64. The number of aryl methyl sites for hydroxylation is 2. The minimum absolute atomic E-state index is 0.0657.